The number of nitrogens with zero attached hydrogens (tertiary/aromatic N) is 4. The van der Waals surface area contributed by atoms with Crippen LogP contribution in [-0.2, 0) is 6.54 Å². The quantitative estimate of drug-likeness (QED) is 0.519. The summed E-state index contributed by atoms with van der Waals surface area (Å²) in [6.45, 7) is 11.5. The number of carbonyl (C=O) groups is 1. The minimum atomic E-state index is -0.429. The average molecular weight is 429 g/mol. The van der Waals surface area contributed by atoms with Crippen LogP contribution in [0.5, 0.6) is 17.2 Å². The smallest absolute Gasteiger partial charge is 0.322 e. The highest BCUT2D eigenvalue weighted by atomic mass is 16.5. The Kier molecular flexibility index (Phi) is 7.11. The van der Waals surface area contributed by atoms with Gasteiger partial charge in [-0.15, -0.1) is 5.10 Å². The van der Waals surface area contributed by atoms with Crippen molar-refractivity contribution in [2.45, 2.75) is 41.2 Å². The topological polar surface area (TPSA) is 114 Å². The van der Waals surface area contributed by atoms with Crippen molar-refractivity contribution < 1.29 is 23.4 Å². The van der Waals surface area contributed by atoms with E-state index in [9.17, 15) is 4.79 Å². The molecule has 1 aromatic carbocycles. The molecule has 3 rings (SSSR count). The number of ether oxygens (including phenoxy) is 3. The summed E-state index contributed by atoms with van der Waals surface area (Å²) < 4.78 is 24.5. The summed E-state index contributed by atoms with van der Waals surface area (Å²) in [7, 11) is 0. The van der Waals surface area contributed by atoms with Crippen molar-refractivity contribution in [2.75, 3.05) is 25.1 Å². The summed E-state index contributed by atoms with van der Waals surface area (Å²) >= 11 is 0. The van der Waals surface area contributed by atoms with Crippen LogP contribution in [0.3, 0.4) is 0 Å². The van der Waals surface area contributed by atoms with E-state index in [4.69, 9.17) is 18.6 Å². The minimum absolute atomic E-state index is 0.0338. The van der Waals surface area contributed by atoms with Gasteiger partial charge in [0, 0.05) is 17.8 Å². The van der Waals surface area contributed by atoms with Gasteiger partial charge in [-0.3, -0.25) is 14.8 Å². The van der Waals surface area contributed by atoms with Gasteiger partial charge >= 0.3 is 6.01 Å². The molecule has 10 nitrogen and oxygen atoms in total. The molecule has 2 aromatic heterocycles. The maximum absolute atomic E-state index is 12.5. The Bertz CT molecular complexity index is 1020. The lowest BCUT2D eigenvalue weighted by Crippen LogP contribution is -2.13. The second-order valence-electron chi connectivity index (χ2n) is 6.45. The number of carbonyl (C=O) groups excluding carboxylic acids is 1. The zero-order chi connectivity index (χ0) is 22.4. The summed E-state index contributed by atoms with van der Waals surface area (Å²) in [6, 6.07) is 5.14. The summed E-state index contributed by atoms with van der Waals surface area (Å²) in [5, 5.41) is 14.8. The standard InChI is InChI=1S/C21H27N5O5/c1-6-26-13(5)10-15(25-26)19(27)22-21-24-23-20(31-21)14-11-16(28-7-2)18(30-9-4)17(12-14)29-8-3/h10-12H,6-9H2,1-5H3,(H,22,24,27). The highest BCUT2D eigenvalue weighted by Crippen LogP contribution is 2.41. The van der Waals surface area contributed by atoms with E-state index < -0.39 is 5.91 Å². The second-order valence-corrected chi connectivity index (χ2v) is 6.45. The monoisotopic (exact) mass is 429 g/mol. The van der Waals surface area contributed by atoms with Crippen molar-refractivity contribution in [3.8, 4) is 28.7 Å². The van der Waals surface area contributed by atoms with Gasteiger partial charge in [-0.25, -0.2) is 0 Å². The highest BCUT2D eigenvalue weighted by Gasteiger charge is 2.20. The molecule has 0 saturated heterocycles. The van der Waals surface area contributed by atoms with E-state index >= 15 is 0 Å². The molecule has 0 saturated carbocycles. The van der Waals surface area contributed by atoms with Gasteiger partial charge < -0.3 is 18.6 Å². The molecule has 1 amide bonds. The molecule has 3 aromatic rings. The van der Waals surface area contributed by atoms with E-state index in [1.165, 1.54) is 0 Å². The fourth-order valence-electron chi connectivity index (χ4n) is 3.00. The van der Waals surface area contributed by atoms with Crippen LogP contribution in [0.25, 0.3) is 11.5 Å². The number of aromatic nitrogens is 4. The largest absolute Gasteiger partial charge is 0.490 e. The Balaban J connectivity index is 1.87. The number of nitrogens with one attached hydrogen (secondary N) is 1. The van der Waals surface area contributed by atoms with Crippen LogP contribution >= 0.6 is 0 Å². The number of rotatable bonds is 10. The van der Waals surface area contributed by atoms with Gasteiger partial charge in [-0.05, 0) is 52.8 Å². The minimum Gasteiger partial charge on any atom is -0.490 e. The van der Waals surface area contributed by atoms with E-state index in [0.29, 0.717) is 49.2 Å². The van der Waals surface area contributed by atoms with Crippen LogP contribution in [-0.4, -0.2) is 45.7 Å². The van der Waals surface area contributed by atoms with Gasteiger partial charge in [0.2, 0.25) is 11.6 Å². The normalized spacial score (nSPS) is 10.7. The zero-order valence-electron chi connectivity index (χ0n) is 18.4. The van der Waals surface area contributed by atoms with Gasteiger partial charge in [0.25, 0.3) is 5.91 Å². The van der Waals surface area contributed by atoms with Crippen molar-refractivity contribution in [3.05, 3.63) is 29.6 Å². The third kappa shape index (κ3) is 4.96. The third-order valence-electron chi connectivity index (χ3n) is 4.31. The lowest BCUT2D eigenvalue weighted by Gasteiger charge is -2.16. The molecular formula is C21H27N5O5. The second kappa shape index (κ2) is 9.96. The molecule has 10 heteroatoms. The third-order valence-corrected chi connectivity index (χ3v) is 4.31. The molecule has 2 heterocycles. The summed E-state index contributed by atoms with van der Waals surface area (Å²) in [6.07, 6.45) is 0. The summed E-state index contributed by atoms with van der Waals surface area (Å²) in [5.74, 6) is 1.31. The first-order chi connectivity index (χ1) is 15.0. The molecule has 0 spiro atoms. The van der Waals surface area contributed by atoms with E-state index in [1.807, 2.05) is 34.6 Å². The van der Waals surface area contributed by atoms with E-state index in [-0.39, 0.29) is 17.6 Å². The Morgan fingerprint density at radius 2 is 1.65 bits per heavy atom. The SMILES string of the molecule is CCOc1cc(-c2nnc(NC(=O)c3cc(C)n(CC)n3)o2)cc(OCC)c1OCC. The fraction of sp³-hybridized carbons (Fsp3) is 0.429. The lowest BCUT2D eigenvalue weighted by molar-refractivity contribution is 0.101. The van der Waals surface area contributed by atoms with Crippen LogP contribution < -0.4 is 19.5 Å². The maximum atomic E-state index is 12.5. The molecule has 166 valence electrons. The van der Waals surface area contributed by atoms with Gasteiger partial charge in [-0.1, -0.05) is 5.10 Å². The number of hydrogen-bond acceptors (Lipinski definition) is 8. The summed E-state index contributed by atoms with van der Waals surface area (Å²) in [4.78, 5) is 12.5. The van der Waals surface area contributed by atoms with Gasteiger partial charge in [-0.2, -0.15) is 5.10 Å². The van der Waals surface area contributed by atoms with Crippen LogP contribution in [0.15, 0.2) is 22.6 Å². The molecule has 1 N–H and O–H groups in total. The lowest BCUT2D eigenvalue weighted by atomic mass is 10.2. The maximum Gasteiger partial charge on any atom is 0.322 e. The van der Waals surface area contributed by atoms with Crippen LogP contribution in [0, 0.1) is 6.92 Å². The number of anilines is 1. The first kappa shape index (κ1) is 22.1. The predicted octanol–water partition coefficient (Wildman–Crippen LogP) is 3.71. The van der Waals surface area contributed by atoms with Crippen LogP contribution in [0.1, 0.15) is 43.9 Å². The molecular weight excluding hydrogens is 402 g/mol. The Morgan fingerprint density at radius 3 is 2.19 bits per heavy atom. The van der Waals surface area contributed by atoms with Crippen molar-refractivity contribution in [2.24, 2.45) is 0 Å². The van der Waals surface area contributed by atoms with E-state index in [1.54, 1.807) is 22.9 Å². The van der Waals surface area contributed by atoms with Crippen molar-refractivity contribution in [1.29, 1.82) is 0 Å². The van der Waals surface area contributed by atoms with Crippen molar-refractivity contribution >= 4 is 11.9 Å². The molecule has 0 aliphatic heterocycles. The number of amides is 1. The molecule has 0 atom stereocenters. The summed E-state index contributed by atoms with van der Waals surface area (Å²) in [5.41, 5.74) is 1.74. The molecule has 0 unspecified atom stereocenters. The Hall–Kier alpha value is -3.56. The van der Waals surface area contributed by atoms with Gasteiger partial charge in [0.05, 0.1) is 19.8 Å². The molecule has 0 aliphatic carbocycles. The fourth-order valence-corrected chi connectivity index (χ4v) is 3.00. The van der Waals surface area contributed by atoms with E-state index in [0.717, 1.165) is 5.69 Å². The van der Waals surface area contributed by atoms with Crippen LogP contribution in [0.4, 0.5) is 6.01 Å². The predicted molar refractivity (Wildman–Crippen MR) is 114 cm³/mol. The number of aryl methyl sites for hydroxylation is 2. The first-order valence-corrected chi connectivity index (χ1v) is 10.3. The number of benzene rings is 1. The Labute approximate surface area is 180 Å². The molecule has 0 radical (unpaired) electrons. The first-order valence-electron chi connectivity index (χ1n) is 10.3. The highest BCUT2D eigenvalue weighted by molar-refractivity contribution is 6.01. The zero-order valence-corrected chi connectivity index (χ0v) is 18.4. The van der Waals surface area contributed by atoms with Crippen LogP contribution in [0.2, 0.25) is 0 Å². The molecule has 0 bridgehead atoms. The molecule has 0 fully saturated rings. The van der Waals surface area contributed by atoms with E-state index in [2.05, 4.69) is 20.6 Å². The van der Waals surface area contributed by atoms with Gasteiger partial charge in [0.15, 0.2) is 17.2 Å². The molecule has 31 heavy (non-hydrogen) atoms. The van der Waals surface area contributed by atoms with Crippen molar-refractivity contribution in [1.82, 2.24) is 20.0 Å². The van der Waals surface area contributed by atoms with Crippen molar-refractivity contribution in [3.63, 3.8) is 0 Å². The number of hydrogen-bond donors (Lipinski definition) is 1. The Morgan fingerprint density at radius 1 is 1.00 bits per heavy atom. The van der Waals surface area contributed by atoms with Gasteiger partial charge in [0.1, 0.15) is 0 Å². The molecule has 0 aliphatic rings. The average Bonchev–Trinajstić information content (AvgIpc) is 3.37.